The number of benzene rings is 3. The van der Waals surface area contributed by atoms with Gasteiger partial charge in [0.05, 0.1) is 11.9 Å². The van der Waals surface area contributed by atoms with Crippen molar-refractivity contribution in [3.63, 3.8) is 0 Å². The van der Waals surface area contributed by atoms with E-state index in [9.17, 15) is 18.0 Å². The van der Waals surface area contributed by atoms with Crippen molar-refractivity contribution in [3.8, 4) is 0 Å². The first-order valence-electron chi connectivity index (χ1n) is 13.0. The standard InChI is InChI=1S/C30H35Cl2N3O4S/c1-5-15-33-30(37)28(17-23-9-7-6-8-10-23)34(19-24-13-14-25(31)18-26(24)32)29(36)20-35(40(4,38)39)27-16-21(2)11-12-22(27)3/h6-14,16,18,28H,5,15,17,19-20H2,1-4H3,(H,33,37)/t28-/m0/s1. The molecule has 0 aromatic heterocycles. The summed E-state index contributed by atoms with van der Waals surface area (Å²) in [6.45, 7) is 5.52. The Labute approximate surface area is 247 Å². The molecule has 0 aliphatic carbocycles. The molecule has 0 radical (unpaired) electrons. The zero-order chi connectivity index (χ0) is 29.4. The highest BCUT2D eigenvalue weighted by Gasteiger charge is 2.33. The molecule has 3 aromatic carbocycles. The first-order valence-corrected chi connectivity index (χ1v) is 15.6. The summed E-state index contributed by atoms with van der Waals surface area (Å²) >= 11 is 12.6. The number of carbonyl (C=O) groups is 2. The molecular formula is C30H35Cl2N3O4S. The zero-order valence-corrected chi connectivity index (χ0v) is 25.5. The van der Waals surface area contributed by atoms with E-state index in [4.69, 9.17) is 23.2 Å². The van der Waals surface area contributed by atoms with Gasteiger partial charge in [0.25, 0.3) is 0 Å². The molecular weight excluding hydrogens is 569 g/mol. The van der Waals surface area contributed by atoms with Gasteiger partial charge in [0.2, 0.25) is 21.8 Å². The van der Waals surface area contributed by atoms with E-state index in [0.29, 0.717) is 33.4 Å². The first kappa shape index (κ1) is 31.5. The van der Waals surface area contributed by atoms with Crippen molar-refractivity contribution in [3.05, 3.63) is 99.0 Å². The van der Waals surface area contributed by atoms with Gasteiger partial charge in [-0.25, -0.2) is 8.42 Å². The van der Waals surface area contributed by atoms with Crippen LogP contribution < -0.4 is 9.62 Å². The highest BCUT2D eigenvalue weighted by molar-refractivity contribution is 7.92. The van der Waals surface area contributed by atoms with Crippen LogP contribution in [0.3, 0.4) is 0 Å². The lowest BCUT2D eigenvalue weighted by molar-refractivity contribution is -0.140. The average Bonchev–Trinajstić information content (AvgIpc) is 2.90. The summed E-state index contributed by atoms with van der Waals surface area (Å²) in [6, 6.07) is 18.8. The quantitative estimate of drug-likeness (QED) is 0.294. The second kappa shape index (κ2) is 14.0. The van der Waals surface area contributed by atoms with Gasteiger partial charge in [-0.15, -0.1) is 0 Å². The van der Waals surface area contributed by atoms with Crippen LogP contribution in [0.1, 0.15) is 35.6 Å². The third-order valence-corrected chi connectivity index (χ3v) is 8.20. The maximum atomic E-state index is 14.1. The molecule has 0 spiro atoms. The van der Waals surface area contributed by atoms with Crippen molar-refractivity contribution in [2.75, 3.05) is 23.7 Å². The Morgan fingerprint density at radius 1 is 0.975 bits per heavy atom. The Kier molecular flexibility index (Phi) is 11.0. The molecule has 0 fully saturated rings. The molecule has 0 bridgehead atoms. The van der Waals surface area contributed by atoms with Crippen molar-refractivity contribution >= 4 is 50.7 Å². The van der Waals surface area contributed by atoms with Crippen LogP contribution in [0.2, 0.25) is 10.0 Å². The summed E-state index contributed by atoms with van der Waals surface area (Å²) in [5.41, 5.74) is 3.41. The summed E-state index contributed by atoms with van der Waals surface area (Å²) in [5, 5.41) is 3.69. The molecule has 10 heteroatoms. The zero-order valence-electron chi connectivity index (χ0n) is 23.2. The van der Waals surface area contributed by atoms with Gasteiger partial charge in [0, 0.05) is 29.6 Å². The monoisotopic (exact) mass is 603 g/mol. The number of carbonyl (C=O) groups excluding carboxylic acids is 2. The van der Waals surface area contributed by atoms with E-state index in [1.807, 2.05) is 56.3 Å². The lowest BCUT2D eigenvalue weighted by atomic mass is 10.0. The number of hydrogen-bond donors (Lipinski definition) is 1. The number of aryl methyl sites for hydroxylation is 2. The van der Waals surface area contributed by atoms with Crippen LogP contribution in [0.25, 0.3) is 0 Å². The highest BCUT2D eigenvalue weighted by Crippen LogP contribution is 2.27. The van der Waals surface area contributed by atoms with E-state index in [1.54, 1.807) is 31.2 Å². The van der Waals surface area contributed by atoms with E-state index < -0.39 is 28.5 Å². The lowest BCUT2D eigenvalue weighted by Gasteiger charge is -2.34. The molecule has 2 amide bonds. The number of halogens is 2. The molecule has 0 saturated heterocycles. The second-order valence-corrected chi connectivity index (χ2v) is 12.6. The van der Waals surface area contributed by atoms with E-state index >= 15 is 0 Å². The molecule has 0 aliphatic rings. The molecule has 1 N–H and O–H groups in total. The van der Waals surface area contributed by atoms with Crippen LogP contribution in [0.5, 0.6) is 0 Å². The van der Waals surface area contributed by atoms with Crippen molar-refractivity contribution in [1.29, 1.82) is 0 Å². The van der Waals surface area contributed by atoms with Crippen LogP contribution in [0, 0.1) is 13.8 Å². The Hall–Kier alpha value is -3.07. The van der Waals surface area contributed by atoms with Crippen molar-refractivity contribution < 1.29 is 18.0 Å². The predicted octanol–water partition coefficient (Wildman–Crippen LogP) is 5.54. The van der Waals surface area contributed by atoms with Gasteiger partial charge >= 0.3 is 0 Å². The summed E-state index contributed by atoms with van der Waals surface area (Å²) in [7, 11) is -3.85. The maximum absolute atomic E-state index is 14.1. The minimum Gasteiger partial charge on any atom is -0.354 e. The molecule has 0 aliphatic heterocycles. The van der Waals surface area contributed by atoms with Crippen LogP contribution in [0.4, 0.5) is 5.69 Å². The topological polar surface area (TPSA) is 86.8 Å². The number of nitrogens with one attached hydrogen (secondary N) is 1. The molecule has 40 heavy (non-hydrogen) atoms. The molecule has 7 nitrogen and oxygen atoms in total. The Balaban J connectivity index is 2.10. The lowest BCUT2D eigenvalue weighted by Crippen LogP contribution is -2.53. The number of rotatable bonds is 12. The summed E-state index contributed by atoms with van der Waals surface area (Å²) in [5.74, 6) is -0.869. The average molecular weight is 605 g/mol. The number of sulfonamides is 1. The summed E-state index contributed by atoms with van der Waals surface area (Å²) in [6.07, 6.45) is 2.02. The summed E-state index contributed by atoms with van der Waals surface area (Å²) < 4.78 is 27.1. The van der Waals surface area contributed by atoms with E-state index in [0.717, 1.165) is 28.1 Å². The second-order valence-electron chi connectivity index (χ2n) is 9.81. The SMILES string of the molecule is CCCNC(=O)[C@H](Cc1ccccc1)N(Cc1ccc(Cl)cc1Cl)C(=O)CN(c1cc(C)ccc1C)S(C)(=O)=O. The maximum Gasteiger partial charge on any atom is 0.244 e. The molecule has 0 heterocycles. The Bertz CT molecular complexity index is 1450. The van der Waals surface area contributed by atoms with Crippen LogP contribution in [-0.4, -0.2) is 50.5 Å². The molecule has 1 atom stereocenters. The number of amides is 2. The van der Waals surface area contributed by atoms with Gasteiger partial charge in [-0.2, -0.15) is 0 Å². The smallest absolute Gasteiger partial charge is 0.244 e. The van der Waals surface area contributed by atoms with E-state index in [-0.39, 0.29) is 18.9 Å². The third kappa shape index (κ3) is 8.46. The van der Waals surface area contributed by atoms with Gasteiger partial charge < -0.3 is 10.2 Å². The van der Waals surface area contributed by atoms with Crippen LogP contribution in [-0.2, 0) is 32.6 Å². The molecule has 214 valence electrons. The van der Waals surface area contributed by atoms with Gasteiger partial charge in [-0.1, -0.05) is 78.7 Å². The number of nitrogens with zero attached hydrogens (tertiary/aromatic N) is 2. The fraction of sp³-hybridized carbons (Fsp3) is 0.333. The van der Waals surface area contributed by atoms with E-state index in [2.05, 4.69) is 5.32 Å². The third-order valence-electron chi connectivity index (χ3n) is 6.49. The van der Waals surface area contributed by atoms with Crippen molar-refractivity contribution in [2.45, 2.75) is 46.2 Å². The Morgan fingerprint density at radius 2 is 1.68 bits per heavy atom. The van der Waals surface area contributed by atoms with Crippen molar-refractivity contribution in [2.24, 2.45) is 0 Å². The van der Waals surface area contributed by atoms with Crippen LogP contribution in [0.15, 0.2) is 66.7 Å². The predicted molar refractivity (Wildman–Crippen MR) is 162 cm³/mol. The van der Waals surface area contributed by atoms with Crippen LogP contribution >= 0.6 is 23.2 Å². The largest absolute Gasteiger partial charge is 0.354 e. The van der Waals surface area contributed by atoms with Gasteiger partial charge in [-0.3, -0.25) is 13.9 Å². The molecule has 0 unspecified atom stereocenters. The fourth-order valence-electron chi connectivity index (χ4n) is 4.34. The minimum atomic E-state index is -3.85. The molecule has 3 rings (SSSR count). The fourth-order valence-corrected chi connectivity index (χ4v) is 5.70. The van der Waals surface area contributed by atoms with Gasteiger partial charge in [-0.05, 0) is 60.7 Å². The first-order chi connectivity index (χ1) is 18.9. The number of hydrogen-bond acceptors (Lipinski definition) is 4. The van der Waals surface area contributed by atoms with Gasteiger partial charge in [0.1, 0.15) is 12.6 Å². The number of anilines is 1. The molecule has 0 saturated carbocycles. The highest BCUT2D eigenvalue weighted by atomic mass is 35.5. The van der Waals surface area contributed by atoms with E-state index in [1.165, 1.54) is 4.90 Å². The van der Waals surface area contributed by atoms with Gasteiger partial charge in [0.15, 0.2) is 0 Å². The molecule has 3 aromatic rings. The van der Waals surface area contributed by atoms with Crippen molar-refractivity contribution in [1.82, 2.24) is 10.2 Å². The minimum absolute atomic E-state index is 0.0176. The summed E-state index contributed by atoms with van der Waals surface area (Å²) in [4.78, 5) is 29.1. The Morgan fingerprint density at radius 3 is 2.30 bits per heavy atom. The normalized spacial score (nSPS) is 12.1.